The van der Waals surface area contributed by atoms with Crippen molar-refractivity contribution in [3.63, 3.8) is 0 Å². The minimum absolute atomic E-state index is 0.0783. The van der Waals surface area contributed by atoms with Gasteiger partial charge in [0.15, 0.2) is 9.75 Å². The van der Waals surface area contributed by atoms with Crippen molar-refractivity contribution in [2.75, 3.05) is 5.45 Å². The summed E-state index contributed by atoms with van der Waals surface area (Å²) in [6, 6.07) is 4.72. The van der Waals surface area contributed by atoms with Gasteiger partial charge in [-0.05, 0) is 37.0 Å². The van der Waals surface area contributed by atoms with Gasteiger partial charge in [0.2, 0.25) is 11.8 Å². The molecule has 3 fully saturated rings. The first-order valence-electron chi connectivity index (χ1n) is 9.89. The van der Waals surface area contributed by atoms with E-state index in [2.05, 4.69) is 37.2 Å². The van der Waals surface area contributed by atoms with Crippen molar-refractivity contribution < 1.29 is 24.3 Å². The Kier molecular flexibility index (Phi) is 5.10. The molecule has 0 aromatic heterocycles. The SMILES string of the molecule is O=C1NC(=O)C2C1CC=C1C2CC2(Cl)C(=O)N(CBr)C(=O)C2(Cl)C1c1cc(Br)ccc1O. The number of amides is 4. The first kappa shape index (κ1) is 22.4. The maximum atomic E-state index is 13.5. The van der Waals surface area contributed by atoms with E-state index in [9.17, 15) is 24.3 Å². The van der Waals surface area contributed by atoms with Gasteiger partial charge in [0.25, 0.3) is 11.8 Å². The van der Waals surface area contributed by atoms with Crippen molar-refractivity contribution in [1.29, 1.82) is 0 Å². The van der Waals surface area contributed by atoms with Gasteiger partial charge in [0.1, 0.15) is 5.75 Å². The summed E-state index contributed by atoms with van der Waals surface area (Å²) < 4.78 is 0.630. The quantitative estimate of drug-likeness (QED) is 0.233. The molecule has 2 heterocycles. The minimum atomic E-state index is -1.92. The number of imide groups is 2. The summed E-state index contributed by atoms with van der Waals surface area (Å²) in [5.74, 6) is -5.13. The zero-order valence-electron chi connectivity index (χ0n) is 16.3. The number of phenols is 1. The number of nitrogens with zero attached hydrogens (tertiary/aromatic N) is 1. The highest BCUT2D eigenvalue weighted by Gasteiger charge is 2.76. The highest BCUT2D eigenvalue weighted by atomic mass is 79.9. The number of phenolic OH excluding ortho intramolecular Hbond substituents is 1. The van der Waals surface area contributed by atoms with Crippen LogP contribution in [-0.4, -0.2) is 48.8 Å². The van der Waals surface area contributed by atoms with Gasteiger partial charge in [-0.2, -0.15) is 0 Å². The van der Waals surface area contributed by atoms with Gasteiger partial charge >= 0.3 is 0 Å². The number of allylic oxidation sites excluding steroid dienone is 2. The van der Waals surface area contributed by atoms with Crippen LogP contribution in [0.2, 0.25) is 0 Å². The molecule has 11 heteroatoms. The van der Waals surface area contributed by atoms with Crippen LogP contribution in [0.4, 0.5) is 0 Å². The van der Waals surface area contributed by atoms with E-state index in [0.717, 1.165) is 4.90 Å². The van der Waals surface area contributed by atoms with Crippen LogP contribution in [0.1, 0.15) is 24.3 Å². The van der Waals surface area contributed by atoms with Gasteiger partial charge < -0.3 is 5.11 Å². The van der Waals surface area contributed by atoms with E-state index >= 15 is 0 Å². The lowest BCUT2D eigenvalue weighted by molar-refractivity contribution is -0.138. The van der Waals surface area contributed by atoms with Crippen LogP contribution in [0.25, 0.3) is 0 Å². The number of likely N-dealkylation sites (tertiary alicyclic amines) is 1. The molecule has 1 saturated carbocycles. The Morgan fingerprint density at radius 2 is 1.84 bits per heavy atom. The van der Waals surface area contributed by atoms with Crippen molar-refractivity contribution in [3.8, 4) is 5.75 Å². The molecule has 7 nitrogen and oxygen atoms in total. The number of aromatic hydroxyl groups is 1. The summed E-state index contributed by atoms with van der Waals surface area (Å²) in [6.07, 6.45) is 2.02. The van der Waals surface area contributed by atoms with Crippen molar-refractivity contribution in [1.82, 2.24) is 10.2 Å². The molecule has 2 aliphatic carbocycles. The molecule has 32 heavy (non-hydrogen) atoms. The monoisotopic (exact) mass is 604 g/mol. The number of hydrogen-bond donors (Lipinski definition) is 2. The van der Waals surface area contributed by atoms with Crippen LogP contribution >= 0.6 is 55.1 Å². The molecule has 4 amide bonds. The summed E-state index contributed by atoms with van der Waals surface area (Å²) in [6.45, 7) is 0. The van der Waals surface area contributed by atoms with Crippen LogP contribution in [0.15, 0.2) is 34.3 Å². The van der Waals surface area contributed by atoms with E-state index < -0.39 is 51.1 Å². The summed E-state index contributed by atoms with van der Waals surface area (Å²) in [4.78, 5) is 49.1. The Balaban J connectivity index is 1.79. The fourth-order valence-corrected chi connectivity index (χ4v) is 7.56. The predicted molar refractivity (Wildman–Crippen MR) is 122 cm³/mol. The second kappa shape index (κ2) is 7.29. The fourth-order valence-electron chi connectivity index (χ4n) is 5.77. The number of fused-ring (bicyclic) bond motifs is 4. The third-order valence-electron chi connectivity index (χ3n) is 7.16. The number of carbonyl (C=O) groups is 4. The van der Waals surface area contributed by atoms with Gasteiger partial charge in [-0.25, -0.2) is 0 Å². The number of benzene rings is 1. The van der Waals surface area contributed by atoms with E-state index in [1.165, 1.54) is 6.07 Å². The van der Waals surface area contributed by atoms with Crippen LogP contribution < -0.4 is 5.32 Å². The van der Waals surface area contributed by atoms with Crippen LogP contribution in [0, 0.1) is 17.8 Å². The Morgan fingerprint density at radius 1 is 1.12 bits per heavy atom. The first-order valence-corrected chi connectivity index (χ1v) is 12.6. The average Bonchev–Trinajstić information content (AvgIpc) is 3.11. The molecule has 0 bridgehead atoms. The Hall–Kier alpha value is -1.42. The van der Waals surface area contributed by atoms with Gasteiger partial charge in [-0.3, -0.25) is 29.4 Å². The number of rotatable bonds is 2. The lowest BCUT2D eigenvalue weighted by Gasteiger charge is -2.50. The van der Waals surface area contributed by atoms with Crippen LogP contribution in [-0.2, 0) is 19.2 Å². The molecular formula is C21H16Br2Cl2N2O5. The largest absolute Gasteiger partial charge is 0.508 e. The Labute approximate surface area is 209 Å². The van der Waals surface area contributed by atoms with Crippen LogP contribution in [0.3, 0.4) is 0 Å². The first-order chi connectivity index (χ1) is 15.1. The van der Waals surface area contributed by atoms with Gasteiger partial charge in [-0.15, -0.1) is 23.2 Å². The van der Waals surface area contributed by atoms with Crippen molar-refractivity contribution in [2.45, 2.75) is 28.5 Å². The number of carbonyl (C=O) groups excluding carboxylic acids is 4. The third kappa shape index (κ3) is 2.65. The van der Waals surface area contributed by atoms with E-state index in [1.807, 2.05) is 6.08 Å². The summed E-state index contributed by atoms with van der Waals surface area (Å²) >= 11 is 20.6. The van der Waals surface area contributed by atoms with Gasteiger partial charge in [-0.1, -0.05) is 43.5 Å². The number of hydrogen-bond acceptors (Lipinski definition) is 5. The highest BCUT2D eigenvalue weighted by molar-refractivity contribution is 9.10. The topological polar surface area (TPSA) is 104 Å². The maximum Gasteiger partial charge on any atom is 0.254 e. The average molecular weight is 607 g/mol. The molecule has 168 valence electrons. The minimum Gasteiger partial charge on any atom is -0.508 e. The normalized spacial score (nSPS) is 38.2. The zero-order chi connectivity index (χ0) is 23.2. The van der Waals surface area contributed by atoms with Crippen molar-refractivity contribution >= 4 is 78.7 Å². The fraction of sp³-hybridized carbons (Fsp3) is 0.429. The molecule has 2 N–H and O–H groups in total. The second-order valence-electron chi connectivity index (χ2n) is 8.54. The maximum absolute atomic E-state index is 13.5. The summed E-state index contributed by atoms with van der Waals surface area (Å²) in [7, 11) is 0. The van der Waals surface area contributed by atoms with E-state index in [0.29, 0.717) is 15.6 Å². The van der Waals surface area contributed by atoms with Gasteiger partial charge in [0, 0.05) is 16.0 Å². The molecule has 4 aliphatic rings. The highest BCUT2D eigenvalue weighted by Crippen LogP contribution is 2.65. The zero-order valence-corrected chi connectivity index (χ0v) is 21.0. The van der Waals surface area contributed by atoms with E-state index in [4.69, 9.17) is 23.2 Å². The lowest BCUT2D eigenvalue weighted by atomic mass is 9.56. The molecule has 6 atom stereocenters. The smallest absolute Gasteiger partial charge is 0.254 e. The second-order valence-corrected chi connectivity index (χ2v) is 11.2. The summed E-state index contributed by atoms with van der Waals surface area (Å²) in [5.41, 5.74) is 0.851. The lowest BCUT2D eigenvalue weighted by Crippen LogP contribution is -2.60. The van der Waals surface area contributed by atoms with Crippen molar-refractivity contribution in [3.05, 3.63) is 39.9 Å². The standard InChI is InChI=1S/C21H16Br2Cl2N2O5/c22-7-27-18(31)20(24)6-12-9(2-3-10-14(12)17(30)26-16(10)29)15(21(20,25)19(27)32)11-5-8(23)1-4-13(11)28/h1-2,4-5,10,12,14-15,28H,3,6-7H2,(H,26,29,30). The summed E-state index contributed by atoms with van der Waals surface area (Å²) in [5, 5.41) is 13.1. The molecular weight excluding hydrogens is 591 g/mol. The van der Waals surface area contributed by atoms with E-state index in [1.54, 1.807) is 12.1 Å². The van der Waals surface area contributed by atoms with Crippen LogP contribution in [0.5, 0.6) is 5.75 Å². The number of halogens is 4. The number of alkyl halides is 3. The molecule has 1 aromatic carbocycles. The molecule has 6 unspecified atom stereocenters. The molecule has 1 aromatic rings. The molecule has 5 rings (SSSR count). The Morgan fingerprint density at radius 3 is 2.53 bits per heavy atom. The number of nitrogens with one attached hydrogen (secondary N) is 1. The molecule has 0 spiro atoms. The van der Waals surface area contributed by atoms with Crippen molar-refractivity contribution in [2.24, 2.45) is 17.8 Å². The Bertz CT molecular complexity index is 1140. The third-order valence-corrected chi connectivity index (χ3v) is 9.57. The van der Waals surface area contributed by atoms with E-state index in [-0.39, 0.29) is 30.0 Å². The molecule has 2 saturated heterocycles. The molecule has 0 radical (unpaired) electrons. The van der Waals surface area contributed by atoms with Gasteiger partial charge in [0.05, 0.1) is 17.3 Å². The molecule has 2 aliphatic heterocycles. The predicted octanol–water partition coefficient (Wildman–Crippen LogP) is 3.15.